The van der Waals surface area contributed by atoms with Gasteiger partial charge in [-0.15, -0.1) is 41.2 Å². The van der Waals surface area contributed by atoms with Gasteiger partial charge >= 0.3 is 0 Å². The van der Waals surface area contributed by atoms with Gasteiger partial charge in [0.15, 0.2) is 5.69 Å². The van der Waals surface area contributed by atoms with E-state index in [-0.39, 0.29) is 30.7 Å². The summed E-state index contributed by atoms with van der Waals surface area (Å²) in [6, 6.07) is 0.342. The van der Waals surface area contributed by atoms with Crippen molar-refractivity contribution in [1.82, 2.24) is 30.6 Å². The van der Waals surface area contributed by atoms with E-state index < -0.39 is 0 Å². The number of halogens is 2. The van der Waals surface area contributed by atoms with E-state index in [1.165, 1.54) is 37.8 Å². The fourth-order valence-corrected chi connectivity index (χ4v) is 4.91. The first-order valence-electron chi connectivity index (χ1n) is 10.1. The number of thiazole rings is 1. The van der Waals surface area contributed by atoms with E-state index in [9.17, 15) is 4.79 Å². The molecule has 2 fully saturated rings. The van der Waals surface area contributed by atoms with E-state index in [1.807, 2.05) is 4.68 Å². The monoisotopic (exact) mass is 460 g/mol. The number of rotatable bonds is 6. The molecular formula is C19H30Cl2N6OS. The van der Waals surface area contributed by atoms with E-state index in [0.29, 0.717) is 24.2 Å². The third kappa shape index (κ3) is 6.38. The summed E-state index contributed by atoms with van der Waals surface area (Å²) in [4.78, 5) is 17.1. The molecule has 4 rings (SSSR count). The first kappa shape index (κ1) is 24.1. The fourth-order valence-electron chi connectivity index (χ4n) is 4.03. The molecule has 2 N–H and O–H groups in total. The minimum atomic E-state index is -0.153. The summed E-state index contributed by atoms with van der Waals surface area (Å²) in [5, 5.41) is 17.8. The number of piperidine rings is 1. The average molecular weight is 461 g/mol. The van der Waals surface area contributed by atoms with Gasteiger partial charge in [-0.3, -0.25) is 4.79 Å². The highest BCUT2D eigenvalue weighted by molar-refractivity contribution is 7.09. The van der Waals surface area contributed by atoms with Crippen molar-refractivity contribution in [3.8, 4) is 0 Å². The Morgan fingerprint density at radius 2 is 1.93 bits per heavy atom. The summed E-state index contributed by atoms with van der Waals surface area (Å²) in [6.07, 6.45) is 11.1. The second-order valence-corrected chi connectivity index (χ2v) is 8.51. The summed E-state index contributed by atoms with van der Waals surface area (Å²) in [5.41, 5.74) is 1.65. The van der Waals surface area contributed by atoms with Gasteiger partial charge in [0.1, 0.15) is 0 Å². The number of carbonyl (C=O) groups is 1. The molecule has 0 spiro atoms. The molecule has 1 amide bonds. The van der Waals surface area contributed by atoms with Crippen LogP contribution in [0.4, 0.5) is 0 Å². The van der Waals surface area contributed by atoms with Crippen molar-refractivity contribution in [2.75, 3.05) is 19.6 Å². The third-order valence-corrected chi connectivity index (χ3v) is 6.57. The van der Waals surface area contributed by atoms with Crippen LogP contribution in [0.25, 0.3) is 0 Å². The zero-order valence-corrected chi connectivity index (χ0v) is 19.0. The molecule has 0 radical (unpaired) electrons. The van der Waals surface area contributed by atoms with Crippen molar-refractivity contribution in [3.63, 3.8) is 0 Å². The van der Waals surface area contributed by atoms with Crippen molar-refractivity contribution < 1.29 is 4.79 Å². The molecule has 0 bridgehead atoms. The predicted molar refractivity (Wildman–Crippen MR) is 120 cm³/mol. The third-order valence-electron chi connectivity index (χ3n) is 5.64. The van der Waals surface area contributed by atoms with E-state index in [1.54, 1.807) is 17.5 Å². The molecule has 2 aromatic rings. The molecule has 0 unspecified atom stereocenters. The van der Waals surface area contributed by atoms with Crippen molar-refractivity contribution >= 4 is 42.1 Å². The Morgan fingerprint density at radius 3 is 2.69 bits per heavy atom. The fraction of sp³-hybridized carbons (Fsp3) is 0.684. The van der Waals surface area contributed by atoms with Crippen LogP contribution in [0.3, 0.4) is 0 Å². The topological polar surface area (TPSA) is 84.7 Å². The first-order chi connectivity index (χ1) is 13.3. The number of hydrogen-bond donors (Lipinski definition) is 2. The smallest absolute Gasteiger partial charge is 0.273 e. The molecule has 2 aliphatic rings. The Labute approximate surface area is 188 Å². The molecule has 0 aromatic carbocycles. The molecule has 1 aliphatic carbocycles. The Balaban J connectivity index is 0.00000150. The number of carbonyl (C=O) groups excluding carboxylic acids is 1. The zero-order valence-electron chi connectivity index (χ0n) is 16.5. The van der Waals surface area contributed by atoms with Gasteiger partial charge < -0.3 is 10.6 Å². The lowest BCUT2D eigenvalue weighted by molar-refractivity contribution is 0.0949. The summed E-state index contributed by atoms with van der Waals surface area (Å²) in [5.74, 6) is 0.489. The Bertz CT molecular complexity index is 755. The Morgan fingerprint density at radius 1 is 1.17 bits per heavy atom. The summed E-state index contributed by atoms with van der Waals surface area (Å²) < 4.78 is 1.84. The predicted octanol–water partition coefficient (Wildman–Crippen LogP) is 3.52. The molecule has 0 atom stereocenters. The van der Waals surface area contributed by atoms with Gasteiger partial charge in [-0.25, -0.2) is 9.67 Å². The molecule has 1 saturated heterocycles. The highest BCUT2D eigenvalue weighted by Crippen LogP contribution is 2.33. The van der Waals surface area contributed by atoms with Crippen LogP contribution in [0.2, 0.25) is 0 Å². The van der Waals surface area contributed by atoms with Crippen molar-refractivity contribution in [2.45, 2.75) is 63.3 Å². The lowest BCUT2D eigenvalue weighted by Gasteiger charge is -2.22. The number of aromatic nitrogens is 4. The number of nitrogens with one attached hydrogen (secondary N) is 2. The molecule has 1 aliphatic heterocycles. The molecular weight excluding hydrogens is 431 g/mol. The van der Waals surface area contributed by atoms with Crippen LogP contribution in [-0.2, 0) is 6.42 Å². The lowest BCUT2D eigenvalue weighted by atomic mass is 9.87. The number of amides is 1. The summed E-state index contributed by atoms with van der Waals surface area (Å²) in [6.45, 7) is 2.56. The van der Waals surface area contributed by atoms with E-state index in [0.717, 1.165) is 37.4 Å². The summed E-state index contributed by atoms with van der Waals surface area (Å²) in [7, 11) is 0. The van der Waals surface area contributed by atoms with Crippen LogP contribution in [-0.4, -0.2) is 45.5 Å². The molecule has 162 valence electrons. The van der Waals surface area contributed by atoms with Crippen LogP contribution in [0, 0.1) is 0 Å². The molecule has 1 saturated carbocycles. The molecule has 29 heavy (non-hydrogen) atoms. The molecule has 2 aromatic heterocycles. The first-order valence-corrected chi connectivity index (χ1v) is 11.0. The van der Waals surface area contributed by atoms with Crippen molar-refractivity contribution in [2.24, 2.45) is 0 Å². The van der Waals surface area contributed by atoms with Gasteiger partial charge in [0, 0.05) is 24.3 Å². The second-order valence-electron chi connectivity index (χ2n) is 7.57. The van der Waals surface area contributed by atoms with Crippen molar-refractivity contribution in [3.05, 3.63) is 28.0 Å². The maximum absolute atomic E-state index is 12.3. The minimum absolute atomic E-state index is 0. The largest absolute Gasteiger partial charge is 0.350 e. The van der Waals surface area contributed by atoms with Crippen LogP contribution < -0.4 is 10.6 Å². The number of hydrogen-bond acceptors (Lipinski definition) is 6. The molecule has 7 nitrogen and oxygen atoms in total. The minimum Gasteiger partial charge on any atom is -0.350 e. The highest BCUT2D eigenvalue weighted by atomic mass is 35.5. The van der Waals surface area contributed by atoms with Crippen LogP contribution in [0.5, 0.6) is 0 Å². The average Bonchev–Trinajstić information content (AvgIpc) is 3.39. The van der Waals surface area contributed by atoms with Gasteiger partial charge in [-0.1, -0.05) is 24.5 Å². The van der Waals surface area contributed by atoms with Gasteiger partial charge in [-0.05, 0) is 38.8 Å². The zero-order chi connectivity index (χ0) is 18.5. The number of nitrogens with zero attached hydrogens (tertiary/aromatic N) is 4. The van der Waals surface area contributed by atoms with Gasteiger partial charge in [0.2, 0.25) is 0 Å². The van der Waals surface area contributed by atoms with Gasteiger partial charge in [0.25, 0.3) is 5.91 Å². The van der Waals surface area contributed by atoms with E-state index >= 15 is 0 Å². The van der Waals surface area contributed by atoms with Gasteiger partial charge in [0.05, 0.1) is 22.9 Å². The van der Waals surface area contributed by atoms with Gasteiger partial charge in [-0.2, -0.15) is 0 Å². The standard InChI is InChI=1S/C19H28N6OS.2ClH/c26-19(16-12-25(24-23-16)15-6-9-20-10-7-15)21-11-8-18-22-17(13-27-18)14-4-2-1-3-5-14;;/h12-15,20H,1-11H2,(H,21,26);2*1H. The van der Waals surface area contributed by atoms with Crippen LogP contribution in [0.15, 0.2) is 11.6 Å². The second kappa shape index (κ2) is 11.8. The van der Waals surface area contributed by atoms with Crippen molar-refractivity contribution in [1.29, 1.82) is 0 Å². The van der Waals surface area contributed by atoms with Crippen LogP contribution >= 0.6 is 36.2 Å². The Hall–Kier alpha value is -1.22. The SMILES string of the molecule is Cl.Cl.O=C(NCCc1nc(C2CCCCC2)cs1)c1cn(C2CCNCC2)nn1. The van der Waals surface area contributed by atoms with E-state index in [4.69, 9.17) is 4.98 Å². The molecule has 10 heteroatoms. The van der Waals surface area contributed by atoms with Crippen LogP contribution in [0.1, 0.15) is 78.1 Å². The molecule has 3 heterocycles. The normalized spacial score (nSPS) is 17.9. The Kier molecular flexibility index (Phi) is 9.82. The lowest BCUT2D eigenvalue weighted by Crippen LogP contribution is -2.29. The van der Waals surface area contributed by atoms with E-state index in [2.05, 4.69) is 26.3 Å². The summed E-state index contributed by atoms with van der Waals surface area (Å²) >= 11 is 1.71. The quantitative estimate of drug-likeness (QED) is 0.688. The highest BCUT2D eigenvalue weighted by Gasteiger charge is 2.20. The maximum Gasteiger partial charge on any atom is 0.273 e. The maximum atomic E-state index is 12.3.